The molecule has 0 fully saturated rings. The number of benzene rings is 1. The van der Waals surface area contributed by atoms with Crippen LogP contribution in [0, 0.1) is 0 Å². The van der Waals surface area contributed by atoms with Gasteiger partial charge in [-0.05, 0) is 22.9 Å². The summed E-state index contributed by atoms with van der Waals surface area (Å²) in [4.78, 5) is 15.6. The molecule has 0 bridgehead atoms. The molecule has 0 saturated carbocycles. The standard InChI is InChI=1S/C14H20O5S.Na/c1-2-3-4-5-9-12-14(15)18-19-20(16,17)13-10-7-6-8-11-13;/h6-8,10-11H,2-5,9,12H2,1H3;. The molecule has 0 N–H and O–H groups in total. The summed E-state index contributed by atoms with van der Waals surface area (Å²) in [6, 6.07) is 7.54. The van der Waals surface area contributed by atoms with Crippen molar-refractivity contribution < 1.29 is 22.4 Å². The second-order valence-electron chi connectivity index (χ2n) is 4.45. The molecule has 1 aromatic carbocycles. The van der Waals surface area contributed by atoms with E-state index in [0.717, 1.165) is 25.7 Å². The average Bonchev–Trinajstić information content (AvgIpc) is 2.46. The Morgan fingerprint density at radius 2 is 1.67 bits per heavy atom. The maximum Gasteiger partial charge on any atom is 0.343 e. The van der Waals surface area contributed by atoms with Crippen molar-refractivity contribution in [3.8, 4) is 0 Å². The molecule has 0 spiro atoms. The average molecular weight is 323 g/mol. The van der Waals surface area contributed by atoms with Gasteiger partial charge >= 0.3 is 16.1 Å². The van der Waals surface area contributed by atoms with E-state index in [1.165, 1.54) is 12.1 Å². The quantitative estimate of drug-likeness (QED) is 0.302. The Hall–Kier alpha value is -0.400. The van der Waals surface area contributed by atoms with E-state index in [9.17, 15) is 13.2 Å². The third kappa shape index (κ3) is 8.58. The largest absolute Gasteiger partial charge is 0.343 e. The van der Waals surface area contributed by atoms with Gasteiger partial charge in [0.1, 0.15) is 0 Å². The van der Waals surface area contributed by atoms with Gasteiger partial charge in [0.2, 0.25) is 0 Å². The smallest absolute Gasteiger partial charge is 0.281 e. The van der Waals surface area contributed by atoms with Crippen molar-refractivity contribution in [1.82, 2.24) is 0 Å². The molecule has 113 valence electrons. The Bertz CT molecular complexity index is 501. The van der Waals surface area contributed by atoms with Crippen LogP contribution in [0.3, 0.4) is 0 Å². The normalized spacial score (nSPS) is 10.7. The van der Waals surface area contributed by atoms with Gasteiger partial charge in [0.25, 0.3) is 0 Å². The molecular weight excluding hydrogens is 303 g/mol. The number of carbonyl (C=O) groups excluding carboxylic acids is 1. The minimum atomic E-state index is -4.04. The Morgan fingerprint density at radius 1 is 1.05 bits per heavy atom. The van der Waals surface area contributed by atoms with Gasteiger partial charge in [-0.2, -0.15) is 8.42 Å². The van der Waals surface area contributed by atoms with Gasteiger partial charge in [-0.3, -0.25) is 4.89 Å². The van der Waals surface area contributed by atoms with Gasteiger partial charge in [-0.25, -0.2) is 4.79 Å². The van der Waals surface area contributed by atoms with E-state index >= 15 is 0 Å². The molecule has 1 radical (unpaired) electrons. The zero-order chi connectivity index (χ0) is 14.8. The van der Waals surface area contributed by atoms with Crippen LogP contribution in [0.5, 0.6) is 0 Å². The summed E-state index contributed by atoms with van der Waals surface area (Å²) in [6.07, 6.45) is 5.08. The first-order chi connectivity index (χ1) is 9.56. The van der Waals surface area contributed by atoms with E-state index in [1.807, 2.05) is 0 Å². The van der Waals surface area contributed by atoms with Crippen LogP contribution in [-0.4, -0.2) is 43.9 Å². The molecule has 0 aliphatic heterocycles. The predicted octanol–water partition coefficient (Wildman–Crippen LogP) is 2.83. The molecule has 0 aliphatic rings. The molecule has 0 amide bonds. The Balaban J connectivity index is 0.00000400. The first-order valence-electron chi connectivity index (χ1n) is 6.75. The molecule has 0 heterocycles. The molecule has 7 heteroatoms. The van der Waals surface area contributed by atoms with Crippen LogP contribution in [0.25, 0.3) is 0 Å². The fraction of sp³-hybridized carbons (Fsp3) is 0.500. The minimum absolute atomic E-state index is 0. The van der Waals surface area contributed by atoms with Crippen LogP contribution in [0.2, 0.25) is 0 Å². The summed E-state index contributed by atoms with van der Waals surface area (Å²) < 4.78 is 27.6. The molecule has 5 nitrogen and oxygen atoms in total. The number of unbranched alkanes of at least 4 members (excludes halogenated alkanes) is 4. The molecule has 1 rings (SSSR count). The summed E-state index contributed by atoms with van der Waals surface area (Å²) in [5.74, 6) is -0.666. The van der Waals surface area contributed by atoms with Gasteiger partial charge < -0.3 is 0 Å². The van der Waals surface area contributed by atoms with Crippen molar-refractivity contribution in [2.75, 3.05) is 0 Å². The van der Waals surface area contributed by atoms with Crippen molar-refractivity contribution in [1.29, 1.82) is 0 Å². The monoisotopic (exact) mass is 323 g/mol. The second-order valence-corrected chi connectivity index (χ2v) is 5.97. The molecule has 0 unspecified atom stereocenters. The molecule has 0 saturated heterocycles. The first kappa shape index (κ1) is 20.6. The summed E-state index contributed by atoms with van der Waals surface area (Å²) in [5.41, 5.74) is 0. The van der Waals surface area contributed by atoms with Gasteiger partial charge in [-0.15, -0.1) is 0 Å². The topological polar surface area (TPSA) is 69.7 Å². The molecule has 1 aromatic rings. The molecule has 0 aromatic heterocycles. The van der Waals surface area contributed by atoms with Crippen molar-refractivity contribution in [2.24, 2.45) is 0 Å². The SMILES string of the molecule is CCCCCCCC(=O)OOS(=O)(=O)c1ccccc1.[Na]. The number of carbonyl (C=O) groups is 1. The van der Waals surface area contributed by atoms with E-state index < -0.39 is 16.1 Å². The van der Waals surface area contributed by atoms with Gasteiger partial charge in [0, 0.05) is 36.0 Å². The predicted molar refractivity (Wildman–Crippen MR) is 79.9 cm³/mol. The fourth-order valence-corrected chi connectivity index (χ4v) is 2.36. The molecule has 0 aliphatic carbocycles. The third-order valence-electron chi connectivity index (χ3n) is 2.73. The molecule has 21 heavy (non-hydrogen) atoms. The van der Waals surface area contributed by atoms with E-state index in [-0.39, 0.29) is 40.9 Å². The van der Waals surface area contributed by atoms with Crippen molar-refractivity contribution >= 4 is 45.6 Å². The summed E-state index contributed by atoms with van der Waals surface area (Å²) in [5, 5.41) is 0. The van der Waals surface area contributed by atoms with Crippen LogP contribution in [0.15, 0.2) is 35.2 Å². The van der Waals surface area contributed by atoms with Crippen LogP contribution in [0.1, 0.15) is 45.4 Å². The van der Waals surface area contributed by atoms with Gasteiger partial charge in [-0.1, -0.05) is 50.8 Å². The van der Waals surface area contributed by atoms with Crippen molar-refractivity contribution in [3.63, 3.8) is 0 Å². The fourth-order valence-electron chi connectivity index (χ4n) is 1.62. The summed E-state index contributed by atoms with van der Waals surface area (Å²) in [6.45, 7) is 2.11. The van der Waals surface area contributed by atoms with Gasteiger partial charge in [0.05, 0.1) is 4.90 Å². The van der Waals surface area contributed by atoms with Crippen LogP contribution >= 0.6 is 0 Å². The maximum atomic E-state index is 11.7. The van der Waals surface area contributed by atoms with Crippen molar-refractivity contribution in [3.05, 3.63) is 30.3 Å². The van der Waals surface area contributed by atoms with Crippen molar-refractivity contribution in [2.45, 2.75) is 50.3 Å². The first-order valence-corrected chi connectivity index (χ1v) is 8.16. The Kier molecular flexibility index (Phi) is 11.0. The molecular formula is C14H20NaO5S. The summed E-state index contributed by atoms with van der Waals surface area (Å²) in [7, 11) is -4.04. The number of rotatable bonds is 9. The van der Waals surface area contributed by atoms with Gasteiger partial charge in [0.15, 0.2) is 0 Å². The molecule has 0 atom stereocenters. The second kappa shape index (κ2) is 11.2. The van der Waals surface area contributed by atoms with E-state index in [4.69, 9.17) is 0 Å². The zero-order valence-electron chi connectivity index (χ0n) is 12.6. The maximum absolute atomic E-state index is 11.7. The number of hydrogen-bond donors (Lipinski definition) is 0. The Morgan fingerprint density at radius 3 is 2.29 bits per heavy atom. The minimum Gasteiger partial charge on any atom is -0.281 e. The van der Waals surface area contributed by atoms with Crippen LogP contribution < -0.4 is 0 Å². The zero-order valence-corrected chi connectivity index (χ0v) is 15.4. The van der Waals surface area contributed by atoms with E-state index in [1.54, 1.807) is 18.2 Å². The third-order valence-corrected chi connectivity index (χ3v) is 3.83. The summed E-state index contributed by atoms with van der Waals surface area (Å²) >= 11 is 0. The van der Waals surface area contributed by atoms with E-state index in [0.29, 0.717) is 6.42 Å². The number of hydrogen-bond acceptors (Lipinski definition) is 5. The van der Waals surface area contributed by atoms with E-state index in [2.05, 4.69) is 16.1 Å². The van der Waals surface area contributed by atoms with Crippen LogP contribution in [0.4, 0.5) is 0 Å². The van der Waals surface area contributed by atoms with Crippen LogP contribution in [-0.2, 0) is 24.1 Å². The Labute approximate surface area is 148 Å².